The number of benzene rings is 4. The number of ether oxygens (including phenoxy) is 1. The largest absolute Gasteiger partial charge is 0.497 e. The van der Waals surface area contributed by atoms with Gasteiger partial charge in [-0.2, -0.15) is 0 Å². The molecule has 0 radical (unpaired) electrons. The lowest BCUT2D eigenvalue weighted by molar-refractivity contribution is -0.120. The van der Waals surface area contributed by atoms with Gasteiger partial charge < -0.3 is 19.7 Å². The lowest BCUT2D eigenvalue weighted by atomic mass is 10.0. The SMILES string of the molecule is COc1ccc(N(C)C(=O)[C@H](Cc2ccccc2)NC(=O)NSNc2cccc(-c3ccccc3)c2)cc1. The van der Waals surface area contributed by atoms with Crippen molar-refractivity contribution >= 4 is 35.4 Å². The monoisotopic (exact) mass is 526 g/mol. The van der Waals surface area contributed by atoms with Crippen molar-refractivity contribution in [1.29, 1.82) is 0 Å². The topological polar surface area (TPSA) is 82.7 Å². The van der Waals surface area contributed by atoms with Crippen LogP contribution < -0.4 is 24.4 Å². The van der Waals surface area contributed by atoms with Crippen LogP contribution in [0.1, 0.15) is 5.56 Å². The minimum Gasteiger partial charge on any atom is -0.497 e. The van der Waals surface area contributed by atoms with E-state index in [4.69, 9.17) is 4.74 Å². The van der Waals surface area contributed by atoms with Gasteiger partial charge in [0.1, 0.15) is 11.8 Å². The smallest absolute Gasteiger partial charge is 0.326 e. The highest BCUT2D eigenvalue weighted by molar-refractivity contribution is 7.99. The fourth-order valence-corrected chi connectivity index (χ4v) is 4.38. The third-order valence-electron chi connectivity index (χ3n) is 5.96. The zero-order valence-corrected chi connectivity index (χ0v) is 22.1. The molecule has 4 aromatic rings. The van der Waals surface area contributed by atoms with Crippen molar-refractivity contribution in [2.24, 2.45) is 0 Å². The van der Waals surface area contributed by atoms with Crippen molar-refractivity contribution in [1.82, 2.24) is 10.0 Å². The summed E-state index contributed by atoms with van der Waals surface area (Å²) in [4.78, 5) is 27.8. The van der Waals surface area contributed by atoms with Gasteiger partial charge in [0.2, 0.25) is 5.91 Å². The van der Waals surface area contributed by atoms with Crippen LogP contribution in [0.4, 0.5) is 16.2 Å². The number of nitrogens with one attached hydrogen (secondary N) is 3. The molecule has 0 fully saturated rings. The Balaban J connectivity index is 1.39. The molecule has 0 aromatic heterocycles. The number of methoxy groups -OCH3 is 1. The molecule has 38 heavy (non-hydrogen) atoms. The van der Waals surface area contributed by atoms with Crippen LogP contribution in [0.25, 0.3) is 11.1 Å². The van der Waals surface area contributed by atoms with Crippen molar-refractivity contribution in [2.45, 2.75) is 12.5 Å². The molecular weight excluding hydrogens is 496 g/mol. The molecule has 8 heteroatoms. The minimum atomic E-state index is -0.772. The summed E-state index contributed by atoms with van der Waals surface area (Å²) in [6, 6.07) is 33.5. The molecule has 3 N–H and O–H groups in total. The van der Waals surface area contributed by atoms with Gasteiger partial charge in [0.15, 0.2) is 0 Å². The first-order chi connectivity index (χ1) is 18.5. The van der Waals surface area contributed by atoms with Crippen LogP contribution in [-0.4, -0.2) is 32.1 Å². The van der Waals surface area contributed by atoms with Crippen LogP contribution in [-0.2, 0) is 11.2 Å². The summed E-state index contributed by atoms with van der Waals surface area (Å²) < 4.78 is 11.1. The fraction of sp³-hybridized carbons (Fsp3) is 0.133. The van der Waals surface area contributed by atoms with Crippen molar-refractivity contribution in [3.63, 3.8) is 0 Å². The van der Waals surface area contributed by atoms with E-state index < -0.39 is 12.1 Å². The summed E-state index contributed by atoms with van der Waals surface area (Å²) in [5, 5.41) is 2.84. The number of rotatable bonds is 10. The van der Waals surface area contributed by atoms with Gasteiger partial charge in [-0.25, -0.2) is 4.79 Å². The predicted molar refractivity (Wildman–Crippen MR) is 155 cm³/mol. The lowest BCUT2D eigenvalue weighted by Crippen LogP contribution is -2.50. The summed E-state index contributed by atoms with van der Waals surface area (Å²) in [5.41, 5.74) is 4.65. The Kier molecular flexibility index (Phi) is 9.26. The number of urea groups is 1. The van der Waals surface area contributed by atoms with Crippen LogP contribution in [0.3, 0.4) is 0 Å². The quantitative estimate of drug-likeness (QED) is 0.224. The first-order valence-electron chi connectivity index (χ1n) is 12.1. The van der Waals surface area contributed by atoms with E-state index in [1.54, 1.807) is 38.4 Å². The Morgan fingerprint density at radius 2 is 1.50 bits per heavy atom. The molecule has 194 valence electrons. The molecule has 0 aliphatic rings. The van der Waals surface area contributed by atoms with E-state index >= 15 is 0 Å². The Morgan fingerprint density at radius 3 is 2.18 bits per heavy atom. The Morgan fingerprint density at radius 1 is 0.842 bits per heavy atom. The summed E-state index contributed by atoms with van der Waals surface area (Å²) in [7, 11) is 3.28. The second-order valence-electron chi connectivity index (χ2n) is 8.56. The molecule has 0 unspecified atom stereocenters. The van der Waals surface area contributed by atoms with Gasteiger partial charge >= 0.3 is 6.03 Å². The normalized spacial score (nSPS) is 11.2. The van der Waals surface area contributed by atoms with Crippen molar-refractivity contribution in [3.05, 3.63) is 115 Å². The maximum absolute atomic E-state index is 13.4. The van der Waals surface area contributed by atoms with Crippen LogP contribution in [0.2, 0.25) is 0 Å². The van der Waals surface area contributed by atoms with E-state index in [-0.39, 0.29) is 5.91 Å². The van der Waals surface area contributed by atoms with Gasteiger partial charge in [0.25, 0.3) is 0 Å². The van der Waals surface area contributed by atoms with E-state index in [0.717, 1.165) is 34.5 Å². The Labute approximate surface area is 227 Å². The molecule has 0 saturated carbocycles. The third-order valence-corrected chi connectivity index (χ3v) is 6.58. The van der Waals surface area contributed by atoms with Gasteiger partial charge in [-0.05, 0) is 53.1 Å². The number of carbonyl (C=O) groups is 2. The maximum Gasteiger partial charge on any atom is 0.326 e. The number of amides is 3. The van der Waals surface area contributed by atoms with Gasteiger partial charge in [0, 0.05) is 24.8 Å². The zero-order chi connectivity index (χ0) is 26.7. The number of hydrogen-bond acceptors (Lipinski definition) is 5. The molecule has 4 rings (SSSR count). The van der Waals surface area contributed by atoms with E-state index in [1.807, 2.05) is 84.9 Å². The molecule has 0 aliphatic carbocycles. The molecule has 4 aromatic carbocycles. The van der Waals surface area contributed by atoms with Gasteiger partial charge in [-0.3, -0.25) is 9.52 Å². The molecule has 1 atom stereocenters. The summed E-state index contributed by atoms with van der Waals surface area (Å²) in [6.45, 7) is 0. The van der Waals surface area contributed by atoms with Gasteiger partial charge in [0.05, 0.1) is 19.2 Å². The first-order valence-corrected chi connectivity index (χ1v) is 12.9. The minimum absolute atomic E-state index is 0.234. The molecule has 0 aliphatic heterocycles. The average molecular weight is 527 g/mol. The van der Waals surface area contributed by atoms with E-state index in [1.165, 1.54) is 4.90 Å². The molecule has 0 saturated heterocycles. The molecular formula is C30H30N4O3S. The summed E-state index contributed by atoms with van der Waals surface area (Å²) in [6.07, 6.45) is 0.352. The van der Waals surface area contributed by atoms with E-state index in [0.29, 0.717) is 17.9 Å². The Hall–Kier alpha value is -4.43. The van der Waals surface area contributed by atoms with Crippen LogP contribution in [0, 0.1) is 0 Å². The molecule has 7 nitrogen and oxygen atoms in total. The first kappa shape index (κ1) is 26.6. The van der Waals surface area contributed by atoms with Crippen molar-refractivity contribution in [3.8, 4) is 16.9 Å². The lowest BCUT2D eigenvalue weighted by Gasteiger charge is -2.25. The number of carbonyl (C=O) groups excluding carboxylic acids is 2. The molecule has 0 bridgehead atoms. The van der Waals surface area contributed by atoms with Crippen LogP contribution >= 0.6 is 12.1 Å². The number of nitrogens with zero attached hydrogens (tertiary/aromatic N) is 1. The predicted octanol–water partition coefficient (Wildman–Crippen LogP) is 5.91. The number of anilines is 2. The zero-order valence-electron chi connectivity index (χ0n) is 21.3. The van der Waals surface area contributed by atoms with E-state index in [2.05, 4.69) is 14.8 Å². The second-order valence-corrected chi connectivity index (χ2v) is 9.18. The van der Waals surface area contributed by atoms with E-state index in [9.17, 15) is 9.59 Å². The summed E-state index contributed by atoms with van der Waals surface area (Å²) >= 11 is 1.04. The molecule has 0 heterocycles. The Bertz CT molecular complexity index is 1330. The number of hydrogen-bond donors (Lipinski definition) is 3. The highest BCUT2D eigenvalue weighted by Crippen LogP contribution is 2.23. The average Bonchev–Trinajstić information content (AvgIpc) is 2.97. The molecule has 3 amide bonds. The van der Waals surface area contributed by atoms with Crippen LogP contribution in [0.15, 0.2) is 109 Å². The fourth-order valence-electron chi connectivity index (χ4n) is 3.93. The standard InChI is InChI=1S/C30H30N4O3S/c1-34(26-16-18-27(37-2)19-17-26)29(35)28(20-22-10-5-3-6-11-22)31-30(36)33-38-32-25-15-9-14-24(21-25)23-12-7-4-8-13-23/h3-19,21,28,32H,20H2,1-2H3,(H2,31,33,36)/t28-/m0/s1. The van der Waals surface area contributed by atoms with Gasteiger partial charge in [-0.15, -0.1) is 0 Å². The highest BCUT2D eigenvalue weighted by Gasteiger charge is 2.25. The maximum atomic E-state index is 13.4. The molecule has 0 spiro atoms. The van der Waals surface area contributed by atoms with Crippen molar-refractivity contribution < 1.29 is 14.3 Å². The second kappa shape index (κ2) is 13.2. The van der Waals surface area contributed by atoms with Crippen molar-refractivity contribution in [2.75, 3.05) is 23.8 Å². The van der Waals surface area contributed by atoms with Gasteiger partial charge in [-0.1, -0.05) is 72.8 Å². The summed E-state index contributed by atoms with van der Waals surface area (Å²) in [5.74, 6) is 0.467. The highest BCUT2D eigenvalue weighted by atomic mass is 32.2. The number of likely N-dealkylation sites (N-methyl/N-ethyl adjacent to an activating group) is 1. The van der Waals surface area contributed by atoms with Crippen LogP contribution in [0.5, 0.6) is 5.75 Å². The third kappa shape index (κ3) is 7.30.